The number of nitrogens with zero attached hydrogens (tertiary/aromatic N) is 1. The van der Waals surface area contributed by atoms with E-state index in [9.17, 15) is 15.1 Å². The first-order valence-electron chi connectivity index (χ1n) is 7.12. The van der Waals surface area contributed by atoms with E-state index in [1.54, 1.807) is 0 Å². The van der Waals surface area contributed by atoms with Gasteiger partial charge in [-0.15, -0.1) is 0 Å². The molecule has 3 aromatic rings. The number of benzene rings is 2. The molecule has 1 aliphatic rings. The normalized spacial score (nSPS) is 16.3. The largest absolute Gasteiger partial charge is 0.629 e. The summed E-state index contributed by atoms with van der Waals surface area (Å²) in [6.45, 7) is 0.244. The van der Waals surface area contributed by atoms with Crippen molar-refractivity contribution in [2.24, 2.45) is 0 Å². The minimum absolute atomic E-state index is 0.0394. The molecule has 1 unspecified atom stereocenters. The molecule has 2 N–H and O–H groups in total. The summed E-state index contributed by atoms with van der Waals surface area (Å²) < 4.78 is 2.03. The van der Waals surface area contributed by atoms with Gasteiger partial charge in [0.25, 0.3) is 0 Å². The average molecular weight is 294 g/mol. The van der Waals surface area contributed by atoms with Crippen LogP contribution in [0, 0.1) is 5.21 Å². The summed E-state index contributed by atoms with van der Waals surface area (Å²) in [6.07, 6.45) is -0.0711. The van der Waals surface area contributed by atoms with Gasteiger partial charge in [-0.05, 0) is 17.7 Å². The first kappa shape index (κ1) is 13.1. The van der Waals surface area contributed by atoms with Gasteiger partial charge in [0, 0.05) is 11.5 Å². The third kappa shape index (κ3) is 1.76. The number of aromatic nitrogens is 1. The number of hydrogen-bond donors (Lipinski definition) is 2. The topological polar surface area (TPSA) is 69.7 Å². The Labute approximate surface area is 126 Å². The van der Waals surface area contributed by atoms with Crippen LogP contribution in [0.4, 0.5) is 5.69 Å². The van der Waals surface area contributed by atoms with Gasteiger partial charge in [-0.2, -0.15) is 0 Å². The van der Waals surface area contributed by atoms with E-state index in [2.05, 4.69) is 0 Å². The van der Waals surface area contributed by atoms with E-state index in [4.69, 9.17) is 0 Å². The Bertz CT molecular complexity index is 898. The summed E-state index contributed by atoms with van der Waals surface area (Å²) in [7, 11) is 0. The summed E-state index contributed by atoms with van der Waals surface area (Å²) in [5.74, 6) is -0.884. The van der Waals surface area contributed by atoms with Crippen molar-refractivity contribution in [1.29, 1.82) is 0 Å². The molecule has 2 heterocycles. The number of rotatable bonds is 2. The Morgan fingerprint density at radius 1 is 1.18 bits per heavy atom. The summed E-state index contributed by atoms with van der Waals surface area (Å²) in [4.78, 5) is 11.2. The lowest BCUT2D eigenvalue weighted by atomic mass is 10.1. The van der Waals surface area contributed by atoms with E-state index in [1.165, 1.54) is 0 Å². The number of carboxylic acid groups (broad SMARTS) is 1. The molecule has 0 saturated carbocycles. The van der Waals surface area contributed by atoms with Crippen molar-refractivity contribution in [1.82, 2.24) is 4.57 Å². The Hall–Kier alpha value is -2.63. The average Bonchev–Trinajstić information content (AvgIpc) is 2.82. The third-order valence-electron chi connectivity index (χ3n) is 4.19. The minimum atomic E-state index is -0.884. The standard InChI is InChI=1S/C17H14N2O3/c20-17(21)9-12-11-5-1-2-6-13(11)19-15-8-4-3-7-14(15)18(22)10-16(12)19/h1-8,18H,9-10H2,(H,20,21). The van der Waals surface area contributed by atoms with Crippen LogP contribution in [-0.2, 0) is 17.8 Å². The number of quaternary nitrogens is 1. The quantitative estimate of drug-likeness (QED) is 0.708. The molecule has 0 saturated heterocycles. The van der Waals surface area contributed by atoms with Crippen molar-refractivity contribution in [2.45, 2.75) is 13.0 Å². The molecule has 0 bridgehead atoms. The molecule has 0 spiro atoms. The summed E-state index contributed by atoms with van der Waals surface area (Å²) in [5, 5.41) is 22.6. The Morgan fingerprint density at radius 2 is 1.91 bits per heavy atom. The highest BCUT2D eigenvalue weighted by Gasteiger charge is 2.28. The molecule has 5 nitrogen and oxygen atoms in total. The van der Waals surface area contributed by atoms with Gasteiger partial charge in [0.1, 0.15) is 12.2 Å². The maximum atomic E-state index is 12.4. The molecule has 5 heteroatoms. The van der Waals surface area contributed by atoms with Crippen LogP contribution < -0.4 is 5.06 Å². The van der Waals surface area contributed by atoms with Crippen molar-refractivity contribution in [2.75, 3.05) is 0 Å². The monoisotopic (exact) mass is 294 g/mol. The molecule has 0 aliphatic carbocycles. The molecule has 110 valence electrons. The van der Waals surface area contributed by atoms with Crippen LogP contribution in [-0.4, -0.2) is 15.6 Å². The molecule has 4 rings (SSSR count). The molecule has 0 amide bonds. The van der Waals surface area contributed by atoms with Gasteiger partial charge in [-0.25, -0.2) is 0 Å². The Morgan fingerprint density at radius 3 is 2.73 bits per heavy atom. The highest BCUT2D eigenvalue weighted by Crippen LogP contribution is 2.34. The van der Waals surface area contributed by atoms with Crippen LogP contribution in [0.5, 0.6) is 0 Å². The van der Waals surface area contributed by atoms with Gasteiger partial charge in [0.15, 0.2) is 5.69 Å². The smallest absolute Gasteiger partial charge is 0.307 e. The SMILES string of the molecule is O=C(O)Cc1c2n(c3ccccc13)-c1ccccc1[NH+]([O-])C2. The van der Waals surface area contributed by atoms with E-state index in [0.29, 0.717) is 5.69 Å². The third-order valence-corrected chi connectivity index (χ3v) is 4.19. The first-order valence-corrected chi connectivity index (χ1v) is 7.12. The van der Waals surface area contributed by atoms with Gasteiger partial charge >= 0.3 is 5.97 Å². The summed E-state index contributed by atoms with van der Waals surface area (Å²) >= 11 is 0. The number of para-hydroxylation sites is 3. The molecule has 22 heavy (non-hydrogen) atoms. The molecular weight excluding hydrogens is 280 g/mol. The number of carbonyl (C=O) groups is 1. The van der Waals surface area contributed by atoms with Gasteiger partial charge in [0.2, 0.25) is 0 Å². The maximum absolute atomic E-state index is 12.4. The lowest BCUT2D eigenvalue weighted by Crippen LogP contribution is -3.01. The second kappa shape index (κ2) is 4.69. The first-order chi connectivity index (χ1) is 10.7. The molecule has 1 aromatic heterocycles. The summed E-state index contributed by atoms with van der Waals surface area (Å²) in [6, 6.07) is 15.2. The van der Waals surface area contributed by atoms with E-state index >= 15 is 0 Å². The number of hydroxylamine groups is 1. The number of carboxylic acids is 1. The van der Waals surface area contributed by atoms with E-state index in [1.807, 2.05) is 53.1 Å². The second-order valence-electron chi connectivity index (χ2n) is 5.47. The van der Waals surface area contributed by atoms with Crippen molar-refractivity contribution in [3.8, 4) is 5.69 Å². The summed E-state index contributed by atoms with van der Waals surface area (Å²) in [5.41, 5.74) is 4.02. The lowest BCUT2D eigenvalue weighted by Gasteiger charge is -2.30. The molecular formula is C17H14N2O3. The number of hydrogen-bond acceptors (Lipinski definition) is 2. The zero-order valence-electron chi connectivity index (χ0n) is 11.7. The predicted octanol–water partition coefficient (Wildman–Crippen LogP) is 1.79. The Kier molecular flexibility index (Phi) is 2.79. The fourth-order valence-electron chi connectivity index (χ4n) is 3.32. The maximum Gasteiger partial charge on any atom is 0.307 e. The highest BCUT2D eigenvalue weighted by atomic mass is 16.5. The van der Waals surface area contributed by atoms with E-state index in [0.717, 1.165) is 27.8 Å². The van der Waals surface area contributed by atoms with E-state index in [-0.39, 0.29) is 18.0 Å². The number of aliphatic carboxylic acids is 1. The van der Waals surface area contributed by atoms with Crippen LogP contribution in [0.15, 0.2) is 48.5 Å². The van der Waals surface area contributed by atoms with Crippen LogP contribution >= 0.6 is 0 Å². The van der Waals surface area contributed by atoms with Crippen molar-refractivity contribution in [3.63, 3.8) is 0 Å². The van der Waals surface area contributed by atoms with Gasteiger partial charge < -0.3 is 19.9 Å². The van der Waals surface area contributed by atoms with Crippen LogP contribution in [0.25, 0.3) is 16.6 Å². The molecule has 1 aliphatic heterocycles. The minimum Gasteiger partial charge on any atom is -0.629 e. The van der Waals surface area contributed by atoms with Gasteiger partial charge in [-0.3, -0.25) is 4.79 Å². The van der Waals surface area contributed by atoms with Crippen molar-refractivity contribution < 1.29 is 15.0 Å². The van der Waals surface area contributed by atoms with Crippen molar-refractivity contribution >= 4 is 22.6 Å². The fraction of sp³-hybridized carbons (Fsp3) is 0.118. The van der Waals surface area contributed by atoms with Crippen LogP contribution in [0.2, 0.25) is 0 Å². The van der Waals surface area contributed by atoms with Crippen molar-refractivity contribution in [3.05, 3.63) is 65.0 Å². The second-order valence-corrected chi connectivity index (χ2v) is 5.47. The molecule has 1 atom stereocenters. The highest BCUT2D eigenvalue weighted by molar-refractivity contribution is 5.91. The predicted molar refractivity (Wildman–Crippen MR) is 82.3 cm³/mol. The number of nitrogens with one attached hydrogen (secondary N) is 1. The fourth-order valence-corrected chi connectivity index (χ4v) is 3.32. The van der Waals surface area contributed by atoms with Crippen LogP contribution in [0.1, 0.15) is 11.3 Å². The van der Waals surface area contributed by atoms with Gasteiger partial charge in [-0.1, -0.05) is 30.3 Å². The zero-order chi connectivity index (χ0) is 15.3. The lowest BCUT2D eigenvalue weighted by molar-refractivity contribution is -0.793. The number of fused-ring (bicyclic) bond motifs is 5. The Balaban J connectivity index is 2.10. The van der Waals surface area contributed by atoms with Crippen LogP contribution in [0.3, 0.4) is 0 Å². The van der Waals surface area contributed by atoms with E-state index < -0.39 is 5.97 Å². The molecule has 0 fully saturated rings. The molecule has 0 radical (unpaired) electrons. The molecule has 2 aromatic carbocycles. The zero-order valence-corrected chi connectivity index (χ0v) is 11.7. The van der Waals surface area contributed by atoms with Gasteiger partial charge in [0.05, 0.1) is 17.6 Å².